The molecule has 0 bridgehead atoms. The highest BCUT2D eigenvalue weighted by Gasteiger charge is 2.22. The van der Waals surface area contributed by atoms with Gasteiger partial charge in [-0.1, -0.05) is 66.8 Å². The maximum atomic E-state index is 12.4. The molecule has 1 fully saturated rings. The van der Waals surface area contributed by atoms with Crippen LogP contribution < -0.4 is 5.32 Å². The van der Waals surface area contributed by atoms with Crippen LogP contribution in [0.15, 0.2) is 59.0 Å². The Morgan fingerprint density at radius 1 is 0.926 bits per heavy atom. The average Bonchev–Trinajstić information content (AvgIpc) is 3.18. The number of amides is 1. The third kappa shape index (κ3) is 4.42. The molecular weight excluding hydrogens is 338 g/mol. The summed E-state index contributed by atoms with van der Waals surface area (Å²) in [7, 11) is 0. The predicted molar refractivity (Wildman–Crippen MR) is 104 cm³/mol. The quantitative estimate of drug-likeness (QED) is 0.697. The molecule has 4 rings (SSSR count). The fourth-order valence-corrected chi connectivity index (χ4v) is 3.57. The summed E-state index contributed by atoms with van der Waals surface area (Å²) in [5, 5.41) is 10.8. The van der Waals surface area contributed by atoms with Crippen LogP contribution in [0.1, 0.15) is 65.4 Å². The van der Waals surface area contributed by atoms with Gasteiger partial charge in [0.2, 0.25) is 5.89 Å². The minimum absolute atomic E-state index is 0.175. The van der Waals surface area contributed by atoms with Crippen molar-refractivity contribution in [2.45, 2.75) is 44.4 Å². The highest BCUT2D eigenvalue weighted by molar-refractivity contribution is 6.03. The van der Waals surface area contributed by atoms with Gasteiger partial charge in [0, 0.05) is 11.5 Å². The average molecular weight is 361 g/mol. The molecule has 0 saturated heterocycles. The van der Waals surface area contributed by atoms with Crippen molar-refractivity contribution in [2.75, 3.05) is 5.32 Å². The van der Waals surface area contributed by atoms with Crippen LogP contribution in [0.25, 0.3) is 0 Å². The van der Waals surface area contributed by atoms with Gasteiger partial charge in [0.05, 0.1) is 0 Å². The first-order valence-corrected chi connectivity index (χ1v) is 9.55. The zero-order valence-electron chi connectivity index (χ0n) is 15.2. The van der Waals surface area contributed by atoms with Crippen molar-refractivity contribution in [3.05, 3.63) is 77.2 Å². The van der Waals surface area contributed by atoms with Crippen LogP contribution in [0.2, 0.25) is 0 Å². The number of benzene rings is 2. The maximum absolute atomic E-state index is 12.4. The number of nitrogens with zero attached hydrogens (tertiary/aromatic N) is 2. The molecule has 0 atom stereocenters. The second-order valence-corrected chi connectivity index (χ2v) is 7.09. The van der Waals surface area contributed by atoms with Gasteiger partial charge in [-0.2, -0.15) is 0 Å². The van der Waals surface area contributed by atoms with E-state index in [1.54, 1.807) is 0 Å². The van der Waals surface area contributed by atoms with Crippen molar-refractivity contribution in [3.8, 4) is 0 Å². The van der Waals surface area contributed by atoms with Crippen molar-refractivity contribution in [3.63, 3.8) is 0 Å². The number of anilines is 1. The molecule has 27 heavy (non-hydrogen) atoms. The standard InChI is InChI=1S/C22H23N3O2/c26-20(23-22-25-24-21(27-22)19-9-5-2-6-10-19)18-13-11-17(12-14-18)15-16-7-3-1-4-8-16/h1,3-4,7-8,11-14,19H,2,5-6,9-10,15H2,(H,23,25,26). The molecule has 0 spiro atoms. The number of carbonyl (C=O) groups is 1. The van der Waals surface area contributed by atoms with E-state index in [0.29, 0.717) is 17.4 Å². The van der Waals surface area contributed by atoms with E-state index >= 15 is 0 Å². The van der Waals surface area contributed by atoms with Crippen molar-refractivity contribution in [2.24, 2.45) is 0 Å². The summed E-state index contributed by atoms with van der Waals surface area (Å²) in [5.74, 6) is 0.734. The number of nitrogens with one attached hydrogen (secondary N) is 1. The lowest BCUT2D eigenvalue weighted by atomic mass is 9.89. The van der Waals surface area contributed by atoms with Crippen LogP contribution in [0.3, 0.4) is 0 Å². The van der Waals surface area contributed by atoms with Gasteiger partial charge in [-0.15, -0.1) is 5.10 Å². The van der Waals surface area contributed by atoms with Gasteiger partial charge in [0.15, 0.2) is 0 Å². The molecular formula is C22H23N3O2. The molecule has 5 nitrogen and oxygen atoms in total. The van der Waals surface area contributed by atoms with E-state index in [1.807, 2.05) is 42.5 Å². The Bertz CT molecular complexity index is 881. The van der Waals surface area contributed by atoms with Crippen molar-refractivity contribution in [1.29, 1.82) is 0 Å². The lowest BCUT2D eigenvalue weighted by Crippen LogP contribution is -2.12. The summed E-state index contributed by atoms with van der Waals surface area (Å²) >= 11 is 0. The van der Waals surface area contributed by atoms with E-state index in [4.69, 9.17) is 4.42 Å². The molecule has 0 radical (unpaired) electrons. The zero-order valence-corrected chi connectivity index (χ0v) is 15.2. The minimum atomic E-state index is -0.236. The van der Waals surface area contributed by atoms with Gasteiger partial charge >= 0.3 is 6.01 Å². The number of rotatable bonds is 5. The molecule has 1 aliphatic rings. The highest BCUT2D eigenvalue weighted by Crippen LogP contribution is 2.32. The van der Waals surface area contributed by atoms with Crippen LogP contribution >= 0.6 is 0 Å². The van der Waals surface area contributed by atoms with E-state index in [2.05, 4.69) is 27.6 Å². The number of hydrogen-bond acceptors (Lipinski definition) is 4. The highest BCUT2D eigenvalue weighted by atomic mass is 16.4. The molecule has 2 aromatic carbocycles. The molecule has 1 amide bonds. The summed E-state index contributed by atoms with van der Waals surface area (Å²) in [5.41, 5.74) is 2.98. The maximum Gasteiger partial charge on any atom is 0.322 e. The van der Waals surface area contributed by atoms with Gasteiger partial charge in [0.25, 0.3) is 5.91 Å². The Morgan fingerprint density at radius 3 is 2.37 bits per heavy atom. The Kier molecular flexibility index (Phi) is 5.28. The summed E-state index contributed by atoms with van der Waals surface area (Å²) < 4.78 is 5.66. The van der Waals surface area contributed by atoms with E-state index in [0.717, 1.165) is 24.8 Å². The summed E-state index contributed by atoms with van der Waals surface area (Å²) in [6.45, 7) is 0. The first-order valence-electron chi connectivity index (χ1n) is 9.55. The second-order valence-electron chi connectivity index (χ2n) is 7.09. The van der Waals surface area contributed by atoms with Gasteiger partial charge in [0.1, 0.15) is 0 Å². The summed E-state index contributed by atoms with van der Waals surface area (Å²) in [6.07, 6.45) is 6.68. The monoisotopic (exact) mass is 361 g/mol. The fraction of sp³-hybridized carbons (Fsp3) is 0.318. The van der Waals surface area contributed by atoms with Crippen LogP contribution in [-0.2, 0) is 6.42 Å². The predicted octanol–water partition coefficient (Wildman–Crippen LogP) is 4.96. The number of hydrogen-bond donors (Lipinski definition) is 1. The van der Waals surface area contributed by atoms with E-state index in [1.165, 1.54) is 24.8 Å². The van der Waals surface area contributed by atoms with Gasteiger partial charge in [-0.25, -0.2) is 0 Å². The van der Waals surface area contributed by atoms with Gasteiger partial charge in [-0.05, 0) is 42.5 Å². The molecule has 1 N–H and O–H groups in total. The zero-order chi connectivity index (χ0) is 18.5. The van der Waals surface area contributed by atoms with Crippen LogP contribution in [0.4, 0.5) is 6.01 Å². The molecule has 1 saturated carbocycles. The molecule has 1 aromatic heterocycles. The molecule has 5 heteroatoms. The Hall–Kier alpha value is -2.95. The molecule has 138 valence electrons. The summed E-state index contributed by atoms with van der Waals surface area (Å²) in [6, 6.07) is 18.0. The normalized spacial score (nSPS) is 14.8. The van der Waals surface area contributed by atoms with Crippen LogP contribution in [-0.4, -0.2) is 16.1 Å². The first kappa shape index (κ1) is 17.5. The second kappa shape index (κ2) is 8.16. The molecule has 1 aliphatic carbocycles. The lowest BCUT2D eigenvalue weighted by Gasteiger charge is -2.17. The van der Waals surface area contributed by atoms with E-state index in [-0.39, 0.29) is 11.9 Å². The van der Waals surface area contributed by atoms with Crippen molar-refractivity contribution < 1.29 is 9.21 Å². The molecule has 0 unspecified atom stereocenters. The van der Waals surface area contributed by atoms with E-state index < -0.39 is 0 Å². The van der Waals surface area contributed by atoms with Crippen LogP contribution in [0, 0.1) is 0 Å². The first-order chi connectivity index (χ1) is 13.3. The van der Waals surface area contributed by atoms with Crippen molar-refractivity contribution in [1.82, 2.24) is 10.2 Å². The van der Waals surface area contributed by atoms with Crippen molar-refractivity contribution >= 4 is 11.9 Å². The lowest BCUT2D eigenvalue weighted by molar-refractivity contribution is 0.102. The smallest absolute Gasteiger partial charge is 0.322 e. The van der Waals surface area contributed by atoms with Gasteiger partial charge in [-0.3, -0.25) is 10.1 Å². The topological polar surface area (TPSA) is 68.0 Å². The number of aromatic nitrogens is 2. The molecule has 0 aliphatic heterocycles. The minimum Gasteiger partial charge on any atom is -0.408 e. The molecule has 3 aromatic rings. The Balaban J connectivity index is 1.37. The third-order valence-corrected chi connectivity index (χ3v) is 5.08. The molecule has 1 heterocycles. The largest absolute Gasteiger partial charge is 0.408 e. The SMILES string of the molecule is O=C(Nc1nnc(C2CCCCC2)o1)c1ccc(Cc2ccccc2)cc1. The van der Waals surface area contributed by atoms with Crippen LogP contribution in [0.5, 0.6) is 0 Å². The number of carbonyl (C=O) groups excluding carboxylic acids is 1. The van der Waals surface area contributed by atoms with E-state index in [9.17, 15) is 4.79 Å². The Morgan fingerprint density at radius 2 is 1.63 bits per heavy atom. The Labute approximate surface area is 158 Å². The fourth-order valence-electron chi connectivity index (χ4n) is 3.57. The third-order valence-electron chi connectivity index (χ3n) is 5.08. The summed E-state index contributed by atoms with van der Waals surface area (Å²) in [4.78, 5) is 12.4. The van der Waals surface area contributed by atoms with Gasteiger partial charge < -0.3 is 4.42 Å².